The summed E-state index contributed by atoms with van der Waals surface area (Å²) in [7, 11) is 4.08. The molecule has 2 aromatic carbocycles. The monoisotopic (exact) mass is 374 g/mol. The number of anilines is 5. The highest BCUT2D eigenvalue weighted by atomic mass is 15.3. The van der Waals surface area contributed by atoms with E-state index in [1.807, 2.05) is 20.2 Å². The number of nitrogens with zero attached hydrogens (tertiary/aromatic N) is 5. The van der Waals surface area contributed by atoms with Gasteiger partial charge in [-0.3, -0.25) is 0 Å². The van der Waals surface area contributed by atoms with Gasteiger partial charge in [0, 0.05) is 63.4 Å². The Morgan fingerprint density at radius 2 is 1.50 bits per heavy atom. The van der Waals surface area contributed by atoms with Crippen LogP contribution in [0.25, 0.3) is 0 Å². The van der Waals surface area contributed by atoms with Crippen molar-refractivity contribution in [3.05, 3.63) is 67.0 Å². The molecule has 1 aromatic heterocycles. The topological polar surface area (TPSA) is 47.5 Å². The molecule has 0 unspecified atom stereocenters. The van der Waals surface area contributed by atoms with E-state index in [0.29, 0.717) is 0 Å². The molecule has 2 heterocycles. The highest BCUT2D eigenvalue weighted by Gasteiger charge is 2.18. The molecule has 6 heteroatoms. The number of piperazine rings is 1. The van der Waals surface area contributed by atoms with Gasteiger partial charge in [-0.15, -0.1) is 0 Å². The largest absolute Gasteiger partial charge is 0.378 e. The third-order valence-electron chi connectivity index (χ3n) is 5.03. The van der Waals surface area contributed by atoms with Crippen molar-refractivity contribution in [2.24, 2.45) is 0 Å². The maximum atomic E-state index is 4.49. The molecule has 28 heavy (non-hydrogen) atoms. The minimum atomic E-state index is 0.813. The molecule has 1 saturated heterocycles. The van der Waals surface area contributed by atoms with Crippen molar-refractivity contribution >= 4 is 28.7 Å². The summed E-state index contributed by atoms with van der Waals surface area (Å²) in [5.74, 6) is 1.78. The lowest BCUT2D eigenvalue weighted by Crippen LogP contribution is -2.46. The van der Waals surface area contributed by atoms with Gasteiger partial charge in [0.25, 0.3) is 0 Å². The van der Waals surface area contributed by atoms with Crippen molar-refractivity contribution in [3.63, 3.8) is 0 Å². The van der Waals surface area contributed by atoms with E-state index in [-0.39, 0.29) is 0 Å². The molecule has 0 radical (unpaired) electrons. The molecule has 0 aliphatic carbocycles. The number of aromatic nitrogens is 2. The van der Waals surface area contributed by atoms with Gasteiger partial charge in [0.2, 0.25) is 0 Å². The van der Waals surface area contributed by atoms with Gasteiger partial charge in [-0.05, 0) is 36.4 Å². The van der Waals surface area contributed by atoms with Gasteiger partial charge in [0.05, 0.1) is 0 Å². The number of hydrogen-bond acceptors (Lipinski definition) is 6. The summed E-state index contributed by atoms with van der Waals surface area (Å²) in [6, 6.07) is 20.9. The molecule has 3 aromatic rings. The van der Waals surface area contributed by atoms with Crippen LogP contribution < -0.4 is 20.0 Å². The predicted octanol–water partition coefficient (Wildman–Crippen LogP) is 3.61. The maximum absolute atomic E-state index is 4.49. The second kappa shape index (κ2) is 8.17. The van der Waals surface area contributed by atoms with Gasteiger partial charge in [-0.1, -0.05) is 18.2 Å². The second-order valence-corrected chi connectivity index (χ2v) is 7.14. The summed E-state index contributed by atoms with van der Waals surface area (Å²) < 4.78 is 0. The normalized spacial score (nSPS) is 14.1. The molecule has 1 aliphatic rings. The van der Waals surface area contributed by atoms with Crippen molar-refractivity contribution in [2.45, 2.75) is 0 Å². The van der Waals surface area contributed by atoms with Crippen molar-refractivity contribution in [2.75, 3.05) is 60.3 Å². The average Bonchev–Trinajstić information content (AvgIpc) is 2.75. The van der Waals surface area contributed by atoms with E-state index in [9.17, 15) is 0 Å². The third-order valence-corrected chi connectivity index (χ3v) is 5.03. The highest BCUT2D eigenvalue weighted by Crippen LogP contribution is 2.23. The van der Waals surface area contributed by atoms with Crippen molar-refractivity contribution < 1.29 is 0 Å². The van der Waals surface area contributed by atoms with Crippen LogP contribution in [0.5, 0.6) is 0 Å². The van der Waals surface area contributed by atoms with Crippen molar-refractivity contribution in [3.8, 4) is 0 Å². The first-order valence-electron chi connectivity index (χ1n) is 9.60. The molecule has 0 saturated carbocycles. The Morgan fingerprint density at radius 1 is 0.821 bits per heavy atom. The Hall–Kier alpha value is -3.28. The smallest absolute Gasteiger partial charge is 0.135 e. The number of rotatable bonds is 5. The summed E-state index contributed by atoms with van der Waals surface area (Å²) in [6.07, 6.45) is 1.63. The van der Waals surface area contributed by atoms with Crippen LogP contribution in [-0.4, -0.2) is 50.2 Å². The molecule has 1 aliphatic heterocycles. The Labute approximate surface area is 166 Å². The summed E-state index contributed by atoms with van der Waals surface area (Å²) in [6.45, 7) is 3.87. The van der Waals surface area contributed by atoms with Crippen LogP contribution in [0.2, 0.25) is 0 Å². The summed E-state index contributed by atoms with van der Waals surface area (Å²) in [5, 5.41) is 3.38. The molecule has 6 nitrogen and oxygen atoms in total. The Balaban J connectivity index is 1.40. The first kappa shape index (κ1) is 18.1. The van der Waals surface area contributed by atoms with Gasteiger partial charge in [-0.2, -0.15) is 0 Å². The first-order chi connectivity index (χ1) is 13.7. The van der Waals surface area contributed by atoms with E-state index in [2.05, 4.69) is 84.6 Å². The molecule has 0 spiro atoms. The predicted molar refractivity (Wildman–Crippen MR) is 117 cm³/mol. The third kappa shape index (κ3) is 4.17. The Kier molecular flexibility index (Phi) is 5.28. The minimum absolute atomic E-state index is 0.813. The molecule has 0 bridgehead atoms. The fourth-order valence-electron chi connectivity index (χ4n) is 3.41. The quantitative estimate of drug-likeness (QED) is 0.736. The van der Waals surface area contributed by atoms with E-state index in [4.69, 9.17) is 0 Å². The van der Waals surface area contributed by atoms with E-state index in [1.54, 1.807) is 6.33 Å². The van der Waals surface area contributed by atoms with Gasteiger partial charge >= 0.3 is 0 Å². The van der Waals surface area contributed by atoms with Gasteiger partial charge in [0.15, 0.2) is 0 Å². The standard InChI is InChI=1S/C22H26N6/c1-26(2)19-10-8-18(9-11-19)25-21-16-22(24-17-23-21)28-14-12-27(13-15-28)20-6-4-3-5-7-20/h3-11,16-17H,12-15H2,1-2H3,(H,23,24,25). The Morgan fingerprint density at radius 3 is 2.18 bits per heavy atom. The number of hydrogen-bond donors (Lipinski definition) is 1. The maximum Gasteiger partial charge on any atom is 0.135 e. The molecular formula is C22H26N6. The number of benzene rings is 2. The molecule has 4 rings (SSSR count). The van der Waals surface area contributed by atoms with Crippen LogP contribution in [0.15, 0.2) is 67.0 Å². The molecule has 1 fully saturated rings. The summed E-state index contributed by atoms with van der Waals surface area (Å²) in [5.41, 5.74) is 3.47. The van der Waals surface area contributed by atoms with E-state index >= 15 is 0 Å². The summed E-state index contributed by atoms with van der Waals surface area (Å²) >= 11 is 0. The van der Waals surface area contributed by atoms with Gasteiger partial charge in [0.1, 0.15) is 18.0 Å². The molecule has 0 atom stereocenters. The van der Waals surface area contributed by atoms with E-state index in [1.165, 1.54) is 11.4 Å². The lowest BCUT2D eigenvalue weighted by atomic mass is 10.2. The summed E-state index contributed by atoms with van der Waals surface area (Å²) in [4.78, 5) is 15.7. The number of para-hydroxylation sites is 1. The Bertz CT molecular complexity index is 886. The van der Waals surface area contributed by atoms with Crippen molar-refractivity contribution in [1.29, 1.82) is 0 Å². The second-order valence-electron chi connectivity index (χ2n) is 7.14. The van der Waals surface area contributed by atoms with Crippen LogP contribution in [0.4, 0.5) is 28.7 Å². The highest BCUT2D eigenvalue weighted by molar-refractivity contribution is 5.62. The number of nitrogens with one attached hydrogen (secondary N) is 1. The van der Waals surface area contributed by atoms with Gasteiger partial charge < -0.3 is 20.0 Å². The van der Waals surface area contributed by atoms with Crippen LogP contribution in [0, 0.1) is 0 Å². The van der Waals surface area contributed by atoms with E-state index in [0.717, 1.165) is 43.5 Å². The zero-order valence-corrected chi connectivity index (χ0v) is 16.4. The fourth-order valence-corrected chi connectivity index (χ4v) is 3.41. The van der Waals surface area contributed by atoms with Crippen LogP contribution in [0.3, 0.4) is 0 Å². The zero-order valence-electron chi connectivity index (χ0n) is 16.4. The van der Waals surface area contributed by atoms with E-state index < -0.39 is 0 Å². The first-order valence-corrected chi connectivity index (χ1v) is 9.60. The molecular weight excluding hydrogens is 348 g/mol. The average molecular weight is 374 g/mol. The molecule has 0 amide bonds. The minimum Gasteiger partial charge on any atom is -0.378 e. The van der Waals surface area contributed by atoms with Crippen molar-refractivity contribution in [1.82, 2.24) is 9.97 Å². The fraction of sp³-hybridized carbons (Fsp3) is 0.273. The molecule has 1 N–H and O–H groups in total. The lowest BCUT2D eigenvalue weighted by molar-refractivity contribution is 0.647. The SMILES string of the molecule is CN(C)c1ccc(Nc2cc(N3CCN(c4ccccc4)CC3)ncn2)cc1. The lowest BCUT2D eigenvalue weighted by Gasteiger charge is -2.36. The molecule has 144 valence electrons. The van der Waals surface area contributed by atoms with Crippen LogP contribution in [0.1, 0.15) is 0 Å². The van der Waals surface area contributed by atoms with Crippen LogP contribution in [-0.2, 0) is 0 Å². The van der Waals surface area contributed by atoms with Crippen LogP contribution >= 0.6 is 0 Å². The van der Waals surface area contributed by atoms with Gasteiger partial charge in [-0.25, -0.2) is 9.97 Å². The zero-order chi connectivity index (χ0) is 19.3.